The lowest BCUT2D eigenvalue weighted by Crippen LogP contribution is -2.17. The maximum atomic E-state index is 11.9. The molecular formula is C10H11F3N2OS. The summed E-state index contributed by atoms with van der Waals surface area (Å²) in [7, 11) is 0. The van der Waals surface area contributed by atoms with Gasteiger partial charge in [0.1, 0.15) is 0 Å². The van der Waals surface area contributed by atoms with Crippen LogP contribution in [-0.4, -0.2) is 17.2 Å². The van der Waals surface area contributed by atoms with Crippen molar-refractivity contribution in [2.24, 2.45) is 0 Å². The number of nitrogens with two attached hydrogens (primary N) is 1. The van der Waals surface area contributed by atoms with Gasteiger partial charge in [-0.2, -0.15) is 13.2 Å². The van der Waals surface area contributed by atoms with Gasteiger partial charge in [0.25, 0.3) is 0 Å². The predicted molar refractivity (Wildman–Crippen MR) is 62.7 cm³/mol. The molecule has 0 aliphatic rings. The Hall–Kier alpha value is -1.37. The summed E-state index contributed by atoms with van der Waals surface area (Å²) in [5, 5.41) is 2.38. The molecule has 0 atom stereocenters. The molecule has 3 nitrogen and oxygen atoms in total. The number of carbonyl (C=O) groups excluding carboxylic acids is 1. The molecule has 17 heavy (non-hydrogen) atoms. The summed E-state index contributed by atoms with van der Waals surface area (Å²) >= 11 is -0.372. The largest absolute Gasteiger partial charge is 0.442 e. The molecule has 1 aromatic carbocycles. The van der Waals surface area contributed by atoms with E-state index in [1.165, 1.54) is 6.07 Å². The van der Waals surface area contributed by atoms with Gasteiger partial charge in [-0.3, -0.25) is 4.79 Å². The fourth-order valence-corrected chi connectivity index (χ4v) is 1.47. The molecule has 0 aromatic heterocycles. The summed E-state index contributed by atoms with van der Waals surface area (Å²) in [6.07, 6.45) is 0. The molecule has 1 aromatic rings. The first-order chi connectivity index (χ1) is 7.78. The molecule has 0 spiro atoms. The minimum Gasteiger partial charge on any atom is -0.399 e. The van der Waals surface area contributed by atoms with Crippen molar-refractivity contribution in [1.29, 1.82) is 0 Å². The van der Waals surface area contributed by atoms with E-state index in [1.54, 1.807) is 19.1 Å². The molecule has 1 amide bonds. The second-order valence-corrected chi connectivity index (χ2v) is 4.40. The van der Waals surface area contributed by atoms with Gasteiger partial charge in [-0.25, -0.2) is 0 Å². The van der Waals surface area contributed by atoms with Crippen LogP contribution in [0.25, 0.3) is 0 Å². The second kappa shape index (κ2) is 5.31. The molecule has 94 valence electrons. The summed E-state index contributed by atoms with van der Waals surface area (Å²) < 4.78 is 35.6. The van der Waals surface area contributed by atoms with E-state index < -0.39 is 17.2 Å². The molecule has 0 unspecified atom stereocenters. The number of anilines is 2. The van der Waals surface area contributed by atoms with Gasteiger partial charge < -0.3 is 11.1 Å². The smallest absolute Gasteiger partial charge is 0.399 e. The summed E-state index contributed by atoms with van der Waals surface area (Å²) in [4.78, 5) is 11.2. The van der Waals surface area contributed by atoms with Gasteiger partial charge in [0, 0.05) is 11.4 Å². The number of alkyl halides is 3. The lowest BCUT2D eigenvalue weighted by molar-refractivity contribution is -0.114. The molecule has 0 radical (unpaired) electrons. The average Bonchev–Trinajstić information content (AvgIpc) is 2.20. The molecule has 0 saturated carbocycles. The van der Waals surface area contributed by atoms with Crippen molar-refractivity contribution in [3.63, 3.8) is 0 Å². The van der Waals surface area contributed by atoms with Crippen molar-refractivity contribution in [3.8, 4) is 0 Å². The van der Waals surface area contributed by atoms with Crippen molar-refractivity contribution >= 4 is 29.0 Å². The third-order valence-corrected chi connectivity index (χ3v) is 2.64. The third kappa shape index (κ3) is 4.99. The third-order valence-electron chi connectivity index (χ3n) is 1.90. The molecule has 1 rings (SSSR count). The molecule has 0 bridgehead atoms. The Kier molecular flexibility index (Phi) is 4.28. The highest BCUT2D eigenvalue weighted by atomic mass is 32.2. The van der Waals surface area contributed by atoms with Crippen LogP contribution in [0.1, 0.15) is 5.56 Å². The molecule has 0 aliphatic heterocycles. The maximum Gasteiger partial charge on any atom is 0.442 e. The van der Waals surface area contributed by atoms with Crippen LogP contribution >= 0.6 is 11.8 Å². The quantitative estimate of drug-likeness (QED) is 0.825. The topological polar surface area (TPSA) is 55.1 Å². The highest BCUT2D eigenvalue weighted by Gasteiger charge is 2.29. The van der Waals surface area contributed by atoms with Gasteiger partial charge in [0.15, 0.2) is 0 Å². The molecule has 0 fully saturated rings. The fraction of sp³-hybridized carbons (Fsp3) is 0.300. The summed E-state index contributed by atoms with van der Waals surface area (Å²) in [5.41, 5.74) is 2.72. The number of aryl methyl sites for hydroxylation is 1. The van der Waals surface area contributed by atoms with Crippen molar-refractivity contribution in [3.05, 3.63) is 23.8 Å². The normalized spacial score (nSPS) is 11.3. The van der Waals surface area contributed by atoms with Gasteiger partial charge in [-0.05, 0) is 36.4 Å². The molecule has 0 aliphatic carbocycles. The molecule has 7 heteroatoms. The van der Waals surface area contributed by atoms with E-state index in [0.29, 0.717) is 11.4 Å². The minimum atomic E-state index is -4.40. The first-order valence-electron chi connectivity index (χ1n) is 4.64. The molecular weight excluding hydrogens is 253 g/mol. The summed E-state index contributed by atoms with van der Waals surface area (Å²) in [6, 6.07) is 4.84. The Morgan fingerprint density at radius 2 is 2.12 bits per heavy atom. The van der Waals surface area contributed by atoms with E-state index in [1.807, 2.05) is 0 Å². The van der Waals surface area contributed by atoms with Crippen LogP contribution in [0.3, 0.4) is 0 Å². The number of hydrogen-bond donors (Lipinski definition) is 2. The zero-order valence-corrected chi connectivity index (χ0v) is 9.78. The molecule has 0 heterocycles. The number of rotatable bonds is 3. The predicted octanol–water partition coefficient (Wildman–Crippen LogP) is 2.77. The summed E-state index contributed by atoms with van der Waals surface area (Å²) in [5.74, 6) is -1.38. The Balaban J connectivity index is 2.59. The Bertz CT molecular complexity index is 421. The Labute approximate surface area is 101 Å². The Morgan fingerprint density at radius 3 is 2.71 bits per heavy atom. The summed E-state index contributed by atoms with van der Waals surface area (Å²) in [6.45, 7) is 1.73. The van der Waals surface area contributed by atoms with Crippen molar-refractivity contribution < 1.29 is 18.0 Å². The van der Waals surface area contributed by atoms with Gasteiger partial charge in [0.2, 0.25) is 5.91 Å². The lowest BCUT2D eigenvalue weighted by Gasteiger charge is -2.09. The van der Waals surface area contributed by atoms with E-state index >= 15 is 0 Å². The standard InChI is InChI=1S/C10H11F3N2OS/c1-6-2-3-7(14)4-8(6)15-9(16)5-17-10(11,12)13/h2-4H,5,14H2,1H3,(H,15,16). The lowest BCUT2D eigenvalue weighted by atomic mass is 10.2. The van der Waals surface area contributed by atoms with Crippen molar-refractivity contribution in [2.75, 3.05) is 16.8 Å². The van der Waals surface area contributed by atoms with Crippen LogP contribution in [0.4, 0.5) is 24.5 Å². The van der Waals surface area contributed by atoms with E-state index in [2.05, 4.69) is 5.32 Å². The van der Waals surface area contributed by atoms with Crippen LogP contribution in [0.5, 0.6) is 0 Å². The fourth-order valence-electron chi connectivity index (χ4n) is 1.11. The number of carbonyl (C=O) groups is 1. The van der Waals surface area contributed by atoms with Crippen LogP contribution in [0, 0.1) is 6.92 Å². The van der Waals surface area contributed by atoms with E-state index in [4.69, 9.17) is 5.73 Å². The van der Waals surface area contributed by atoms with E-state index in [0.717, 1.165) is 5.56 Å². The number of benzene rings is 1. The van der Waals surface area contributed by atoms with Crippen LogP contribution in [0.2, 0.25) is 0 Å². The number of thioether (sulfide) groups is 1. The molecule has 3 N–H and O–H groups in total. The van der Waals surface area contributed by atoms with Crippen LogP contribution in [0.15, 0.2) is 18.2 Å². The maximum absolute atomic E-state index is 11.9. The monoisotopic (exact) mass is 264 g/mol. The number of amides is 1. The van der Waals surface area contributed by atoms with Crippen molar-refractivity contribution in [1.82, 2.24) is 0 Å². The highest BCUT2D eigenvalue weighted by Crippen LogP contribution is 2.30. The zero-order valence-electron chi connectivity index (χ0n) is 8.97. The highest BCUT2D eigenvalue weighted by molar-refractivity contribution is 8.00. The number of hydrogen-bond acceptors (Lipinski definition) is 3. The van der Waals surface area contributed by atoms with Gasteiger partial charge in [0.05, 0.1) is 5.75 Å². The minimum absolute atomic E-state index is 0.372. The molecule has 0 saturated heterocycles. The first-order valence-corrected chi connectivity index (χ1v) is 5.63. The van der Waals surface area contributed by atoms with Gasteiger partial charge in [-0.1, -0.05) is 6.07 Å². The first kappa shape index (κ1) is 13.7. The van der Waals surface area contributed by atoms with Gasteiger partial charge >= 0.3 is 5.51 Å². The number of halogens is 3. The van der Waals surface area contributed by atoms with Gasteiger partial charge in [-0.15, -0.1) is 0 Å². The number of nitrogen functional groups attached to an aromatic ring is 1. The number of nitrogens with one attached hydrogen (secondary N) is 1. The van der Waals surface area contributed by atoms with Crippen molar-refractivity contribution in [2.45, 2.75) is 12.4 Å². The van der Waals surface area contributed by atoms with Crippen LogP contribution in [-0.2, 0) is 4.79 Å². The van der Waals surface area contributed by atoms with E-state index in [9.17, 15) is 18.0 Å². The Morgan fingerprint density at radius 1 is 1.47 bits per heavy atom. The zero-order chi connectivity index (χ0) is 13.1. The second-order valence-electron chi connectivity index (χ2n) is 3.36. The van der Waals surface area contributed by atoms with Crippen LogP contribution < -0.4 is 11.1 Å². The SMILES string of the molecule is Cc1ccc(N)cc1NC(=O)CSC(F)(F)F. The average molecular weight is 264 g/mol. The van der Waals surface area contributed by atoms with E-state index in [-0.39, 0.29) is 11.8 Å².